The van der Waals surface area contributed by atoms with Crippen LogP contribution in [0, 0.1) is 19.8 Å². The number of aryl methyl sites for hydroxylation is 2. The number of carbonyl (C=O) groups excluding carboxylic acids is 1. The highest BCUT2D eigenvalue weighted by molar-refractivity contribution is 7.18. The third-order valence-corrected chi connectivity index (χ3v) is 7.03. The van der Waals surface area contributed by atoms with Gasteiger partial charge in [-0.05, 0) is 44.6 Å². The van der Waals surface area contributed by atoms with Gasteiger partial charge in [-0.25, -0.2) is 9.66 Å². The Labute approximate surface area is 183 Å². The van der Waals surface area contributed by atoms with Crippen molar-refractivity contribution in [1.82, 2.24) is 19.4 Å². The third-order valence-electron chi connectivity index (χ3n) is 5.43. The number of hydrogen-bond acceptors (Lipinski definition) is 5. The standard InChI is InChI=1S/C19H19ClF3N5O2S/c1-8-4-5-11-12(6-8)31-17-14(11)18(30)28(10(3)24-17)25-13(29)7-27-9(2)15(20)16(26-27)19(21,22)23/h8H,4-7H2,1-3H3,(H,25,29)/t8-/m1/s1. The number of nitrogens with one attached hydrogen (secondary N) is 1. The van der Waals surface area contributed by atoms with Crippen molar-refractivity contribution in [2.75, 3.05) is 5.43 Å². The number of hydrogen-bond donors (Lipinski definition) is 1. The van der Waals surface area contributed by atoms with Crippen LogP contribution in [0.15, 0.2) is 4.79 Å². The van der Waals surface area contributed by atoms with Crippen LogP contribution in [-0.2, 0) is 30.4 Å². The summed E-state index contributed by atoms with van der Waals surface area (Å²) in [7, 11) is 0. The second kappa shape index (κ2) is 7.63. The summed E-state index contributed by atoms with van der Waals surface area (Å²) in [6.07, 6.45) is -2.10. The average Bonchev–Trinajstić information content (AvgIpc) is 3.16. The number of amides is 1. The molecule has 7 nitrogen and oxygen atoms in total. The van der Waals surface area contributed by atoms with Crippen LogP contribution in [0.4, 0.5) is 13.2 Å². The maximum atomic E-state index is 13.1. The molecular formula is C19H19ClF3N5O2S. The Bertz CT molecular complexity index is 1260. The van der Waals surface area contributed by atoms with Gasteiger partial charge in [0.25, 0.3) is 11.5 Å². The Morgan fingerprint density at radius 1 is 1.35 bits per heavy atom. The highest BCUT2D eigenvalue weighted by Crippen LogP contribution is 2.36. The molecule has 1 amide bonds. The Kier molecular flexibility index (Phi) is 5.37. The smallest absolute Gasteiger partial charge is 0.271 e. The van der Waals surface area contributed by atoms with Gasteiger partial charge in [-0.1, -0.05) is 18.5 Å². The van der Waals surface area contributed by atoms with Gasteiger partial charge in [-0.15, -0.1) is 11.3 Å². The van der Waals surface area contributed by atoms with Gasteiger partial charge in [0.15, 0.2) is 5.69 Å². The monoisotopic (exact) mass is 473 g/mol. The number of nitrogens with zero attached hydrogens (tertiary/aromatic N) is 4. The first-order valence-electron chi connectivity index (χ1n) is 9.61. The second-order valence-electron chi connectivity index (χ2n) is 7.77. The van der Waals surface area contributed by atoms with Gasteiger partial charge in [0, 0.05) is 4.88 Å². The van der Waals surface area contributed by atoms with E-state index in [1.54, 1.807) is 6.92 Å². The minimum atomic E-state index is -4.73. The zero-order chi connectivity index (χ0) is 22.7. The summed E-state index contributed by atoms with van der Waals surface area (Å²) in [5, 5.41) is 3.35. The van der Waals surface area contributed by atoms with Gasteiger partial charge in [-0.2, -0.15) is 18.3 Å². The number of rotatable bonds is 3. The minimum Gasteiger partial charge on any atom is -0.271 e. The summed E-state index contributed by atoms with van der Waals surface area (Å²) in [6.45, 7) is 4.55. The topological polar surface area (TPSA) is 81.8 Å². The van der Waals surface area contributed by atoms with E-state index in [1.807, 2.05) is 0 Å². The summed E-state index contributed by atoms with van der Waals surface area (Å²) >= 11 is 7.22. The number of alkyl halides is 3. The van der Waals surface area contributed by atoms with Crippen LogP contribution in [-0.4, -0.2) is 25.3 Å². The van der Waals surface area contributed by atoms with Crippen LogP contribution < -0.4 is 11.0 Å². The second-order valence-corrected chi connectivity index (χ2v) is 9.23. The molecule has 0 saturated carbocycles. The number of carbonyl (C=O) groups is 1. The fraction of sp³-hybridized carbons (Fsp3) is 0.474. The lowest BCUT2D eigenvalue weighted by atomic mass is 9.89. The van der Waals surface area contributed by atoms with E-state index in [-0.39, 0.29) is 11.5 Å². The van der Waals surface area contributed by atoms with Crippen LogP contribution in [0.2, 0.25) is 5.02 Å². The zero-order valence-electron chi connectivity index (χ0n) is 16.9. The molecule has 0 unspecified atom stereocenters. The van der Waals surface area contributed by atoms with Crippen molar-refractivity contribution in [2.24, 2.45) is 5.92 Å². The molecule has 12 heteroatoms. The first-order valence-corrected chi connectivity index (χ1v) is 10.8. The molecule has 0 aromatic carbocycles. The fourth-order valence-electron chi connectivity index (χ4n) is 3.78. The van der Waals surface area contributed by atoms with E-state index in [0.29, 0.717) is 16.1 Å². The number of halogens is 4. The zero-order valence-corrected chi connectivity index (χ0v) is 18.5. The minimum absolute atomic E-state index is 0.00260. The molecule has 31 heavy (non-hydrogen) atoms. The SMILES string of the molecule is Cc1c(Cl)c(C(F)(F)F)nn1CC(=O)Nn1c(C)nc2sc3c(c2c1=O)CC[C@@H](C)C3. The Hall–Kier alpha value is -2.40. The molecule has 0 radical (unpaired) electrons. The first kappa shape index (κ1) is 21.8. The summed E-state index contributed by atoms with van der Waals surface area (Å²) in [4.78, 5) is 31.9. The molecule has 3 aromatic heterocycles. The quantitative estimate of drug-likeness (QED) is 0.626. The van der Waals surface area contributed by atoms with Gasteiger partial charge in [-0.3, -0.25) is 19.7 Å². The molecule has 3 heterocycles. The first-order chi connectivity index (χ1) is 14.5. The molecule has 1 aliphatic carbocycles. The molecule has 0 aliphatic heterocycles. The molecule has 4 rings (SSSR count). The molecule has 0 fully saturated rings. The van der Waals surface area contributed by atoms with Crippen LogP contribution in [0.1, 0.15) is 41.0 Å². The van der Waals surface area contributed by atoms with Crippen molar-refractivity contribution in [2.45, 2.75) is 52.8 Å². The van der Waals surface area contributed by atoms with E-state index in [1.165, 1.54) is 18.3 Å². The van der Waals surface area contributed by atoms with Crippen molar-refractivity contribution in [3.8, 4) is 0 Å². The molecule has 166 valence electrons. The molecule has 3 aromatic rings. The number of thiophene rings is 1. The van der Waals surface area contributed by atoms with Crippen molar-refractivity contribution in [3.05, 3.63) is 43.0 Å². The van der Waals surface area contributed by atoms with Crippen LogP contribution in [0.3, 0.4) is 0 Å². The lowest BCUT2D eigenvalue weighted by Crippen LogP contribution is -2.37. The predicted molar refractivity (Wildman–Crippen MR) is 111 cm³/mol. The molecule has 0 saturated heterocycles. The summed E-state index contributed by atoms with van der Waals surface area (Å²) in [6, 6.07) is 0. The van der Waals surface area contributed by atoms with Crippen LogP contribution in [0.25, 0.3) is 10.2 Å². The van der Waals surface area contributed by atoms with Crippen LogP contribution in [0.5, 0.6) is 0 Å². The van der Waals surface area contributed by atoms with E-state index in [9.17, 15) is 22.8 Å². The highest BCUT2D eigenvalue weighted by atomic mass is 35.5. The van der Waals surface area contributed by atoms with Crippen molar-refractivity contribution in [3.63, 3.8) is 0 Å². The average molecular weight is 474 g/mol. The maximum absolute atomic E-state index is 13.1. The maximum Gasteiger partial charge on any atom is 0.436 e. The van der Waals surface area contributed by atoms with E-state index < -0.39 is 34.9 Å². The van der Waals surface area contributed by atoms with Crippen molar-refractivity contribution >= 4 is 39.1 Å². The summed E-state index contributed by atoms with van der Waals surface area (Å²) in [5.74, 6) is 0.0954. The molecule has 0 spiro atoms. The van der Waals surface area contributed by atoms with Gasteiger partial charge < -0.3 is 0 Å². The molecule has 0 bridgehead atoms. The lowest BCUT2D eigenvalue weighted by molar-refractivity contribution is -0.141. The Morgan fingerprint density at radius 2 is 2.06 bits per heavy atom. The Balaban J connectivity index is 1.65. The summed E-state index contributed by atoms with van der Waals surface area (Å²) in [5.41, 5.74) is 1.77. The van der Waals surface area contributed by atoms with E-state index >= 15 is 0 Å². The molecule has 1 aliphatic rings. The van der Waals surface area contributed by atoms with Gasteiger partial charge in [0.1, 0.15) is 17.2 Å². The van der Waals surface area contributed by atoms with Crippen molar-refractivity contribution in [1.29, 1.82) is 0 Å². The number of fused-ring (bicyclic) bond motifs is 3. The van der Waals surface area contributed by atoms with Gasteiger partial charge >= 0.3 is 6.18 Å². The van der Waals surface area contributed by atoms with E-state index in [2.05, 4.69) is 22.4 Å². The van der Waals surface area contributed by atoms with Crippen molar-refractivity contribution < 1.29 is 18.0 Å². The predicted octanol–water partition coefficient (Wildman–Crippen LogP) is 3.84. The Morgan fingerprint density at radius 3 is 2.71 bits per heavy atom. The van der Waals surface area contributed by atoms with E-state index in [4.69, 9.17) is 11.6 Å². The highest BCUT2D eigenvalue weighted by Gasteiger charge is 2.38. The largest absolute Gasteiger partial charge is 0.436 e. The van der Waals surface area contributed by atoms with E-state index in [0.717, 1.165) is 39.1 Å². The molecular weight excluding hydrogens is 455 g/mol. The number of aromatic nitrogens is 4. The fourth-order valence-corrected chi connectivity index (χ4v) is 5.44. The summed E-state index contributed by atoms with van der Waals surface area (Å²) < 4.78 is 40.9. The van der Waals surface area contributed by atoms with Gasteiger partial charge in [0.05, 0.1) is 16.1 Å². The van der Waals surface area contributed by atoms with Gasteiger partial charge in [0.2, 0.25) is 0 Å². The lowest BCUT2D eigenvalue weighted by Gasteiger charge is -2.17. The van der Waals surface area contributed by atoms with Crippen LogP contribution >= 0.6 is 22.9 Å². The normalized spacial score (nSPS) is 16.5. The molecule has 1 atom stereocenters. The molecule has 1 N–H and O–H groups in total. The third kappa shape index (κ3) is 3.84.